The van der Waals surface area contributed by atoms with Crippen LogP contribution in [0.1, 0.15) is 30.0 Å². The predicted octanol–water partition coefficient (Wildman–Crippen LogP) is 2.92. The molecule has 68 valence electrons. The smallest absolute Gasteiger partial charge is 0.0992 e. The van der Waals surface area contributed by atoms with E-state index in [1.54, 1.807) is 0 Å². The number of aromatic nitrogens is 1. The van der Waals surface area contributed by atoms with Gasteiger partial charge in [-0.2, -0.15) is 5.26 Å². The van der Waals surface area contributed by atoms with Crippen LogP contribution in [0.15, 0.2) is 24.3 Å². The van der Waals surface area contributed by atoms with Crippen molar-refractivity contribution in [1.82, 2.24) is 4.98 Å². The predicted molar refractivity (Wildman–Crippen MR) is 55.0 cm³/mol. The maximum Gasteiger partial charge on any atom is 0.0992 e. The lowest BCUT2D eigenvalue weighted by Gasteiger charge is -1.89. The number of nitrogens with one attached hydrogen (secondary N) is 1. The first-order chi connectivity index (χ1) is 6.86. The molecule has 0 atom stereocenters. The highest BCUT2D eigenvalue weighted by atomic mass is 14.7. The van der Waals surface area contributed by atoms with Gasteiger partial charge in [-0.05, 0) is 42.3 Å². The number of hydrogen-bond donors (Lipinski definition) is 1. The van der Waals surface area contributed by atoms with Crippen LogP contribution in [-0.4, -0.2) is 4.98 Å². The summed E-state index contributed by atoms with van der Waals surface area (Å²) < 4.78 is 0. The molecule has 1 aromatic heterocycles. The molecule has 2 nitrogen and oxygen atoms in total. The Morgan fingerprint density at radius 3 is 2.86 bits per heavy atom. The van der Waals surface area contributed by atoms with E-state index >= 15 is 0 Å². The monoisotopic (exact) mass is 182 g/mol. The zero-order chi connectivity index (χ0) is 9.54. The molecular formula is C12H10N2. The third kappa shape index (κ3) is 1.10. The van der Waals surface area contributed by atoms with Crippen molar-refractivity contribution in [2.45, 2.75) is 18.8 Å². The van der Waals surface area contributed by atoms with E-state index in [1.807, 2.05) is 18.2 Å². The van der Waals surface area contributed by atoms with Gasteiger partial charge in [-0.1, -0.05) is 6.07 Å². The summed E-state index contributed by atoms with van der Waals surface area (Å²) in [6.45, 7) is 0. The summed E-state index contributed by atoms with van der Waals surface area (Å²) >= 11 is 0. The van der Waals surface area contributed by atoms with Crippen molar-refractivity contribution in [1.29, 1.82) is 5.26 Å². The molecule has 1 aliphatic carbocycles. The van der Waals surface area contributed by atoms with Gasteiger partial charge >= 0.3 is 0 Å². The Kier molecular flexibility index (Phi) is 1.43. The molecule has 1 aromatic carbocycles. The second-order valence-corrected chi connectivity index (χ2v) is 3.91. The number of nitrogens with zero attached hydrogens (tertiary/aromatic N) is 1. The number of benzene rings is 1. The average Bonchev–Trinajstić information content (AvgIpc) is 2.97. The second-order valence-electron chi connectivity index (χ2n) is 3.91. The lowest BCUT2D eigenvalue weighted by Crippen LogP contribution is -1.76. The molecule has 0 amide bonds. The number of fused-ring (bicyclic) bond motifs is 1. The summed E-state index contributed by atoms with van der Waals surface area (Å²) in [5.41, 5.74) is 3.14. The van der Waals surface area contributed by atoms with Crippen LogP contribution in [0.25, 0.3) is 10.9 Å². The molecule has 0 unspecified atom stereocenters. The Morgan fingerprint density at radius 1 is 1.29 bits per heavy atom. The Balaban J connectivity index is 2.18. The number of hydrogen-bond acceptors (Lipinski definition) is 1. The fraction of sp³-hybridized carbons (Fsp3) is 0.250. The lowest BCUT2D eigenvalue weighted by molar-refractivity contribution is 1.06. The summed E-state index contributed by atoms with van der Waals surface area (Å²) in [7, 11) is 0. The Bertz CT molecular complexity index is 527. The Hall–Kier alpha value is -1.75. The Labute approximate surface area is 82.2 Å². The average molecular weight is 182 g/mol. The highest BCUT2D eigenvalue weighted by Crippen LogP contribution is 2.40. The van der Waals surface area contributed by atoms with Crippen molar-refractivity contribution in [2.75, 3.05) is 0 Å². The fourth-order valence-corrected chi connectivity index (χ4v) is 1.83. The minimum atomic E-state index is 0.724. The van der Waals surface area contributed by atoms with Crippen molar-refractivity contribution in [3.8, 4) is 6.07 Å². The van der Waals surface area contributed by atoms with E-state index in [9.17, 15) is 0 Å². The molecule has 1 aliphatic rings. The molecule has 0 aliphatic heterocycles. The normalized spacial score (nSPS) is 15.6. The van der Waals surface area contributed by atoms with Crippen molar-refractivity contribution in [3.05, 3.63) is 35.5 Å². The van der Waals surface area contributed by atoms with Crippen LogP contribution in [0.4, 0.5) is 0 Å². The summed E-state index contributed by atoms with van der Waals surface area (Å²) in [5, 5.41) is 9.98. The molecular weight excluding hydrogens is 172 g/mol. The topological polar surface area (TPSA) is 39.6 Å². The van der Waals surface area contributed by atoms with E-state index in [2.05, 4.69) is 17.1 Å². The van der Waals surface area contributed by atoms with Gasteiger partial charge in [0.25, 0.3) is 0 Å². The second kappa shape index (κ2) is 2.62. The molecule has 1 heterocycles. The minimum Gasteiger partial charge on any atom is -0.358 e. The van der Waals surface area contributed by atoms with Crippen LogP contribution in [0.3, 0.4) is 0 Å². The number of H-pyrrole nitrogens is 1. The molecule has 14 heavy (non-hydrogen) atoms. The summed E-state index contributed by atoms with van der Waals surface area (Å²) in [6, 6.07) is 10.2. The van der Waals surface area contributed by atoms with Gasteiger partial charge < -0.3 is 4.98 Å². The SMILES string of the molecule is N#Cc1ccc2cc(C3CC3)[nH]c2c1. The quantitative estimate of drug-likeness (QED) is 0.723. The molecule has 1 N–H and O–H groups in total. The van der Waals surface area contributed by atoms with Gasteiger partial charge in [-0.25, -0.2) is 0 Å². The third-order valence-electron chi connectivity index (χ3n) is 2.79. The molecule has 1 saturated carbocycles. The standard InChI is InChI=1S/C12H10N2/c13-7-8-1-2-10-6-12(9-3-4-9)14-11(10)5-8/h1-2,5-6,9,14H,3-4H2. The van der Waals surface area contributed by atoms with Crippen molar-refractivity contribution < 1.29 is 0 Å². The first-order valence-corrected chi connectivity index (χ1v) is 4.89. The fourth-order valence-electron chi connectivity index (χ4n) is 1.83. The first-order valence-electron chi connectivity index (χ1n) is 4.89. The number of aromatic amines is 1. The molecule has 3 rings (SSSR count). The van der Waals surface area contributed by atoms with Gasteiger partial charge in [-0.15, -0.1) is 0 Å². The molecule has 2 heteroatoms. The third-order valence-corrected chi connectivity index (χ3v) is 2.79. The van der Waals surface area contributed by atoms with E-state index in [1.165, 1.54) is 23.9 Å². The number of nitriles is 1. The van der Waals surface area contributed by atoms with E-state index in [0.717, 1.165) is 17.0 Å². The largest absolute Gasteiger partial charge is 0.358 e. The molecule has 1 fully saturated rings. The van der Waals surface area contributed by atoms with E-state index in [-0.39, 0.29) is 0 Å². The van der Waals surface area contributed by atoms with Crippen LogP contribution in [0.2, 0.25) is 0 Å². The van der Waals surface area contributed by atoms with Crippen molar-refractivity contribution in [3.63, 3.8) is 0 Å². The van der Waals surface area contributed by atoms with Gasteiger partial charge in [-0.3, -0.25) is 0 Å². The number of rotatable bonds is 1. The lowest BCUT2D eigenvalue weighted by atomic mass is 10.2. The van der Waals surface area contributed by atoms with Gasteiger partial charge in [0.2, 0.25) is 0 Å². The van der Waals surface area contributed by atoms with Crippen LogP contribution in [0, 0.1) is 11.3 Å². The van der Waals surface area contributed by atoms with Gasteiger partial charge in [0, 0.05) is 11.2 Å². The van der Waals surface area contributed by atoms with Crippen molar-refractivity contribution >= 4 is 10.9 Å². The van der Waals surface area contributed by atoms with Crippen LogP contribution in [-0.2, 0) is 0 Å². The Morgan fingerprint density at radius 2 is 2.14 bits per heavy atom. The van der Waals surface area contributed by atoms with Crippen LogP contribution >= 0.6 is 0 Å². The molecule has 2 aromatic rings. The molecule has 0 bridgehead atoms. The highest BCUT2D eigenvalue weighted by Gasteiger charge is 2.24. The molecule has 0 spiro atoms. The summed E-state index contributed by atoms with van der Waals surface area (Å²) in [5.74, 6) is 0.743. The maximum absolute atomic E-state index is 8.76. The molecule has 0 saturated heterocycles. The van der Waals surface area contributed by atoms with E-state index < -0.39 is 0 Å². The van der Waals surface area contributed by atoms with Gasteiger partial charge in [0.05, 0.1) is 11.6 Å². The van der Waals surface area contributed by atoms with Crippen molar-refractivity contribution in [2.24, 2.45) is 0 Å². The minimum absolute atomic E-state index is 0.724. The van der Waals surface area contributed by atoms with Crippen LogP contribution in [0.5, 0.6) is 0 Å². The van der Waals surface area contributed by atoms with Crippen LogP contribution < -0.4 is 0 Å². The maximum atomic E-state index is 8.76. The zero-order valence-electron chi connectivity index (χ0n) is 7.75. The summed E-state index contributed by atoms with van der Waals surface area (Å²) in [6.07, 6.45) is 2.61. The first kappa shape index (κ1) is 7.64. The zero-order valence-corrected chi connectivity index (χ0v) is 7.75. The van der Waals surface area contributed by atoms with Gasteiger partial charge in [0.1, 0.15) is 0 Å². The summed E-state index contributed by atoms with van der Waals surface area (Å²) in [4.78, 5) is 3.38. The van der Waals surface area contributed by atoms with E-state index in [0.29, 0.717) is 0 Å². The van der Waals surface area contributed by atoms with Gasteiger partial charge in [0.15, 0.2) is 0 Å². The molecule has 0 radical (unpaired) electrons. The van der Waals surface area contributed by atoms with E-state index in [4.69, 9.17) is 5.26 Å². The highest BCUT2D eigenvalue weighted by molar-refractivity contribution is 5.82.